The topological polar surface area (TPSA) is 101 Å². The Balaban J connectivity index is 1.52. The van der Waals surface area contributed by atoms with Crippen LogP contribution in [0.1, 0.15) is 47.4 Å². The summed E-state index contributed by atoms with van der Waals surface area (Å²) in [4.78, 5) is 9.71. The SMILES string of the molecule is CCC(O)c1cc2nccc(-c3cc(Cl)cc4c3O[C@@H](c3ocnc3CNCCO)C4)c2s1. The number of oxazole rings is 1. The highest BCUT2D eigenvalue weighted by atomic mass is 35.5. The lowest BCUT2D eigenvalue weighted by Crippen LogP contribution is -2.19. The van der Waals surface area contributed by atoms with Gasteiger partial charge in [0.25, 0.3) is 0 Å². The van der Waals surface area contributed by atoms with Crippen molar-refractivity contribution in [2.75, 3.05) is 13.2 Å². The smallest absolute Gasteiger partial charge is 0.181 e. The van der Waals surface area contributed by atoms with Crippen molar-refractivity contribution in [1.82, 2.24) is 15.3 Å². The highest BCUT2D eigenvalue weighted by Crippen LogP contribution is 2.48. The van der Waals surface area contributed by atoms with Gasteiger partial charge in [0.05, 0.1) is 28.6 Å². The van der Waals surface area contributed by atoms with E-state index >= 15 is 0 Å². The van der Waals surface area contributed by atoms with Crippen molar-refractivity contribution >= 4 is 33.2 Å². The molecule has 33 heavy (non-hydrogen) atoms. The van der Waals surface area contributed by atoms with Crippen molar-refractivity contribution < 1.29 is 19.4 Å². The summed E-state index contributed by atoms with van der Waals surface area (Å²) in [5.41, 5.74) is 4.48. The quantitative estimate of drug-likeness (QED) is 0.308. The Bertz CT molecular complexity index is 1290. The number of halogens is 1. The molecule has 0 radical (unpaired) electrons. The lowest BCUT2D eigenvalue weighted by atomic mass is 10.0. The van der Waals surface area contributed by atoms with E-state index in [0.717, 1.165) is 43.2 Å². The van der Waals surface area contributed by atoms with E-state index in [0.29, 0.717) is 36.7 Å². The fourth-order valence-electron chi connectivity index (χ4n) is 4.16. The summed E-state index contributed by atoms with van der Waals surface area (Å²) in [6, 6.07) is 7.76. The minimum Gasteiger partial charge on any atom is -0.481 e. The molecule has 0 bridgehead atoms. The van der Waals surface area contributed by atoms with Gasteiger partial charge in [-0.3, -0.25) is 4.98 Å². The average Bonchev–Trinajstić information content (AvgIpc) is 3.55. The number of pyridine rings is 1. The predicted octanol–water partition coefficient (Wildman–Crippen LogP) is 4.81. The van der Waals surface area contributed by atoms with E-state index in [-0.39, 0.29) is 12.7 Å². The van der Waals surface area contributed by atoms with Gasteiger partial charge in [0.1, 0.15) is 5.75 Å². The van der Waals surface area contributed by atoms with Crippen molar-refractivity contribution in [3.63, 3.8) is 0 Å². The van der Waals surface area contributed by atoms with E-state index < -0.39 is 6.10 Å². The lowest BCUT2D eigenvalue weighted by Gasteiger charge is -2.13. The Hall–Kier alpha value is -2.49. The fourth-order valence-corrected chi connectivity index (χ4v) is 5.62. The molecule has 3 N–H and O–H groups in total. The maximum atomic E-state index is 10.3. The van der Waals surface area contributed by atoms with Gasteiger partial charge in [-0.15, -0.1) is 11.3 Å². The van der Waals surface area contributed by atoms with Crippen LogP contribution >= 0.6 is 22.9 Å². The van der Waals surface area contributed by atoms with Crippen LogP contribution in [0.15, 0.2) is 41.3 Å². The molecule has 3 aromatic heterocycles. The number of fused-ring (bicyclic) bond motifs is 2. The predicted molar refractivity (Wildman–Crippen MR) is 128 cm³/mol. The molecule has 4 heterocycles. The molecule has 9 heteroatoms. The normalized spacial score (nSPS) is 16.2. The molecule has 0 saturated carbocycles. The zero-order valence-corrected chi connectivity index (χ0v) is 19.6. The number of nitrogens with zero attached hydrogens (tertiary/aromatic N) is 2. The van der Waals surface area contributed by atoms with Gasteiger partial charge >= 0.3 is 0 Å². The van der Waals surface area contributed by atoms with Crippen LogP contribution in [-0.2, 0) is 13.0 Å². The van der Waals surface area contributed by atoms with Crippen molar-refractivity contribution in [2.24, 2.45) is 0 Å². The molecule has 0 fully saturated rings. The van der Waals surface area contributed by atoms with Crippen molar-refractivity contribution in [1.29, 1.82) is 0 Å². The first kappa shape index (κ1) is 22.3. The Morgan fingerprint density at radius 2 is 2.15 bits per heavy atom. The van der Waals surface area contributed by atoms with Crippen LogP contribution in [0.2, 0.25) is 5.02 Å². The summed E-state index contributed by atoms with van der Waals surface area (Å²) in [5, 5.41) is 23.1. The number of benzene rings is 1. The van der Waals surface area contributed by atoms with E-state index in [9.17, 15) is 5.11 Å². The maximum absolute atomic E-state index is 10.3. The summed E-state index contributed by atoms with van der Waals surface area (Å²) in [6.45, 7) is 2.98. The standard InChI is InChI=1S/C24H24ClN3O4S/c1-2-19(30)21-10-17-24(33-21)15(3-4-27-17)16-9-14(25)7-13-8-20(32-22(13)16)23-18(28-12-31-23)11-26-5-6-29/h3-4,7,9-10,12,19-20,26,29-30H,2,5-6,8,11H2,1H3/t19?,20-/m1/s1. The first-order valence-electron chi connectivity index (χ1n) is 10.9. The minimum absolute atomic E-state index is 0.0561. The number of thiophene rings is 1. The first-order valence-corrected chi connectivity index (χ1v) is 12.1. The third kappa shape index (κ3) is 4.25. The van der Waals surface area contributed by atoms with Crippen molar-refractivity contribution in [2.45, 2.75) is 38.5 Å². The second-order valence-electron chi connectivity index (χ2n) is 7.96. The molecule has 5 rings (SSSR count). The van der Waals surface area contributed by atoms with Gasteiger partial charge in [-0.25, -0.2) is 4.98 Å². The van der Waals surface area contributed by atoms with E-state index in [4.69, 9.17) is 25.9 Å². The second kappa shape index (κ2) is 9.40. The fraction of sp³-hybridized carbons (Fsp3) is 0.333. The molecule has 7 nitrogen and oxygen atoms in total. The van der Waals surface area contributed by atoms with E-state index in [1.54, 1.807) is 17.5 Å². The minimum atomic E-state index is -0.507. The van der Waals surface area contributed by atoms with Gasteiger partial charge in [0.2, 0.25) is 0 Å². The highest BCUT2D eigenvalue weighted by Gasteiger charge is 2.32. The van der Waals surface area contributed by atoms with E-state index in [2.05, 4.69) is 15.3 Å². The van der Waals surface area contributed by atoms with Gasteiger partial charge in [-0.05, 0) is 30.7 Å². The molecule has 1 aliphatic heterocycles. The van der Waals surface area contributed by atoms with Gasteiger partial charge in [0.15, 0.2) is 18.3 Å². The van der Waals surface area contributed by atoms with E-state index in [1.807, 2.05) is 31.2 Å². The Morgan fingerprint density at radius 3 is 2.97 bits per heavy atom. The third-order valence-corrected chi connectivity index (χ3v) is 7.26. The van der Waals surface area contributed by atoms with Crippen molar-refractivity contribution in [3.05, 3.63) is 63.8 Å². The Morgan fingerprint density at radius 1 is 1.27 bits per heavy atom. The highest BCUT2D eigenvalue weighted by molar-refractivity contribution is 7.19. The van der Waals surface area contributed by atoms with Crippen LogP contribution in [0.4, 0.5) is 0 Å². The largest absolute Gasteiger partial charge is 0.481 e. The molecule has 1 aromatic carbocycles. The van der Waals surface area contributed by atoms with Gasteiger partial charge in [0, 0.05) is 52.3 Å². The molecular weight excluding hydrogens is 462 g/mol. The molecule has 0 spiro atoms. The summed E-state index contributed by atoms with van der Waals surface area (Å²) in [6.07, 6.45) is 3.63. The van der Waals surface area contributed by atoms with E-state index in [1.165, 1.54) is 6.39 Å². The van der Waals surface area contributed by atoms with Gasteiger partial charge in [-0.2, -0.15) is 0 Å². The van der Waals surface area contributed by atoms with Crippen LogP contribution in [0.5, 0.6) is 5.75 Å². The summed E-state index contributed by atoms with van der Waals surface area (Å²) >= 11 is 8.07. The van der Waals surface area contributed by atoms with Crippen LogP contribution in [0.3, 0.4) is 0 Å². The monoisotopic (exact) mass is 485 g/mol. The number of rotatable bonds is 8. The molecule has 0 aliphatic carbocycles. The molecular formula is C24H24ClN3O4S. The average molecular weight is 486 g/mol. The summed E-state index contributed by atoms with van der Waals surface area (Å²) in [7, 11) is 0. The lowest BCUT2D eigenvalue weighted by molar-refractivity contribution is 0.177. The van der Waals surface area contributed by atoms with Crippen molar-refractivity contribution in [3.8, 4) is 16.9 Å². The van der Waals surface area contributed by atoms with Crippen LogP contribution in [0, 0.1) is 0 Å². The van der Waals surface area contributed by atoms with Crippen LogP contribution in [-0.4, -0.2) is 33.3 Å². The number of ether oxygens (including phenoxy) is 1. The second-order valence-corrected chi connectivity index (χ2v) is 9.48. The number of nitrogens with one attached hydrogen (secondary N) is 1. The number of aliphatic hydroxyl groups is 2. The molecule has 1 aliphatic rings. The zero-order chi connectivity index (χ0) is 22.9. The molecule has 0 saturated heterocycles. The molecule has 4 aromatic rings. The number of hydrogen-bond donors (Lipinski definition) is 3. The van der Waals surface area contributed by atoms with Crippen LogP contribution in [0.25, 0.3) is 21.3 Å². The molecule has 0 amide bonds. The van der Waals surface area contributed by atoms with Crippen LogP contribution < -0.4 is 10.1 Å². The zero-order valence-electron chi connectivity index (χ0n) is 18.0. The third-order valence-electron chi connectivity index (χ3n) is 5.78. The number of aliphatic hydroxyl groups excluding tert-OH is 2. The number of hydrogen-bond acceptors (Lipinski definition) is 8. The Labute approximate surface area is 200 Å². The molecule has 172 valence electrons. The summed E-state index contributed by atoms with van der Waals surface area (Å²) < 4.78 is 13.1. The maximum Gasteiger partial charge on any atom is 0.181 e. The van der Waals surface area contributed by atoms with Gasteiger partial charge < -0.3 is 24.7 Å². The molecule has 1 unspecified atom stereocenters. The summed E-state index contributed by atoms with van der Waals surface area (Å²) in [5.74, 6) is 1.44. The first-order chi connectivity index (χ1) is 16.1. The van der Waals surface area contributed by atoms with Gasteiger partial charge in [-0.1, -0.05) is 18.5 Å². The Kier molecular flexibility index (Phi) is 6.36. The molecule has 2 atom stereocenters. The number of aromatic nitrogens is 2.